The summed E-state index contributed by atoms with van der Waals surface area (Å²) >= 11 is 0. The lowest BCUT2D eigenvalue weighted by atomic mass is 9.96. The third-order valence-corrected chi connectivity index (χ3v) is 5.26. The minimum absolute atomic E-state index is 0.0232. The molecule has 1 saturated carbocycles. The maximum Gasteiger partial charge on any atom is 0.292 e. The highest BCUT2D eigenvalue weighted by Gasteiger charge is 2.35. The van der Waals surface area contributed by atoms with E-state index >= 15 is 0 Å². The first-order valence-corrected chi connectivity index (χ1v) is 9.83. The molecule has 2 aromatic heterocycles. The van der Waals surface area contributed by atoms with E-state index in [-0.39, 0.29) is 17.0 Å². The quantitative estimate of drug-likeness (QED) is 0.481. The molecule has 1 unspecified atom stereocenters. The molecule has 1 fully saturated rings. The van der Waals surface area contributed by atoms with Gasteiger partial charge in [0, 0.05) is 17.0 Å². The van der Waals surface area contributed by atoms with Crippen LogP contribution in [0, 0.1) is 16.0 Å². The van der Waals surface area contributed by atoms with Crippen molar-refractivity contribution in [3.05, 3.63) is 64.1 Å². The van der Waals surface area contributed by atoms with Gasteiger partial charge in [-0.25, -0.2) is 9.97 Å². The number of benzene rings is 1. The normalized spacial score (nSPS) is 15.3. The lowest BCUT2D eigenvalue weighted by Crippen LogP contribution is -2.16. The first-order valence-electron chi connectivity index (χ1n) is 9.83. The molecule has 0 aliphatic heterocycles. The maximum atomic E-state index is 11.5. The number of aromatic nitrogens is 3. The summed E-state index contributed by atoms with van der Waals surface area (Å²) in [5.74, 6) is 1.09. The zero-order valence-electron chi connectivity index (χ0n) is 16.8. The molecular formula is C22H25N5O2. The van der Waals surface area contributed by atoms with Crippen molar-refractivity contribution in [2.75, 3.05) is 0 Å². The highest BCUT2D eigenvalue weighted by atomic mass is 16.6. The molecule has 150 valence electrons. The van der Waals surface area contributed by atoms with Crippen molar-refractivity contribution in [1.29, 1.82) is 0 Å². The Morgan fingerprint density at radius 1 is 1.14 bits per heavy atom. The van der Waals surface area contributed by atoms with E-state index < -0.39 is 11.0 Å². The molecular weight excluding hydrogens is 366 g/mol. The van der Waals surface area contributed by atoms with Crippen LogP contribution in [0.3, 0.4) is 0 Å². The number of aromatic amines is 1. The molecule has 0 bridgehead atoms. The van der Waals surface area contributed by atoms with Gasteiger partial charge in [0.2, 0.25) is 0 Å². The Morgan fingerprint density at radius 3 is 2.41 bits per heavy atom. The van der Waals surface area contributed by atoms with Crippen LogP contribution < -0.4 is 5.73 Å². The van der Waals surface area contributed by atoms with Crippen LogP contribution in [-0.2, 0) is 5.41 Å². The van der Waals surface area contributed by atoms with Crippen LogP contribution in [0.15, 0.2) is 42.5 Å². The Bertz CT molecular complexity index is 1050. The molecule has 0 amide bonds. The van der Waals surface area contributed by atoms with Gasteiger partial charge >= 0.3 is 0 Å². The number of hydrogen-bond acceptors (Lipinski definition) is 5. The van der Waals surface area contributed by atoms with Gasteiger partial charge < -0.3 is 10.7 Å². The second-order valence-electron chi connectivity index (χ2n) is 8.65. The number of rotatable bonds is 5. The third-order valence-electron chi connectivity index (χ3n) is 5.26. The molecule has 3 N–H and O–H groups in total. The van der Waals surface area contributed by atoms with Crippen LogP contribution in [-0.4, -0.2) is 19.9 Å². The van der Waals surface area contributed by atoms with Crippen molar-refractivity contribution in [2.45, 2.75) is 45.1 Å². The van der Waals surface area contributed by atoms with Gasteiger partial charge in [-0.3, -0.25) is 10.1 Å². The van der Waals surface area contributed by atoms with E-state index in [4.69, 9.17) is 10.7 Å². The van der Waals surface area contributed by atoms with E-state index in [1.165, 1.54) is 6.07 Å². The zero-order valence-corrected chi connectivity index (χ0v) is 16.8. The summed E-state index contributed by atoms with van der Waals surface area (Å²) in [7, 11) is 0. The standard InChI is InChI=1S/C22H25N5O2/c1-22(2,3)21-25-18(14-7-5-4-6-8-14)19(26-21)15-11-12-16(27(28)29)20(24-15)17(23)13-9-10-13/h4-8,11-13,17H,9-10,23H2,1-3H3,(H,25,26). The molecule has 1 atom stereocenters. The highest BCUT2D eigenvalue weighted by Crippen LogP contribution is 2.42. The van der Waals surface area contributed by atoms with Crippen molar-refractivity contribution in [3.8, 4) is 22.6 Å². The summed E-state index contributed by atoms with van der Waals surface area (Å²) < 4.78 is 0. The van der Waals surface area contributed by atoms with Crippen molar-refractivity contribution in [1.82, 2.24) is 15.0 Å². The van der Waals surface area contributed by atoms with Crippen LogP contribution in [0.1, 0.15) is 51.2 Å². The van der Waals surface area contributed by atoms with Crippen LogP contribution in [0.2, 0.25) is 0 Å². The SMILES string of the molecule is CC(C)(C)c1nc(-c2ccccc2)c(-c2ccc([N+](=O)[O-])c(C(N)C3CC3)n2)[nH]1. The van der Waals surface area contributed by atoms with Gasteiger partial charge in [0.1, 0.15) is 11.5 Å². The molecule has 1 aliphatic rings. The molecule has 0 spiro atoms. The third kappa shape index (κ3) is 3.78. The molecule has 3 aromatic rings. The topological polar surface area (TPSA) is 111 Å². The van der Waals surface area contributed by atoms with Gasteiger partial charge in [-0.2, -0.15) is 0 Å². The number of imidazole rings is 1. The van der Waals surface area contributed by atoms with Gasteiger partial charge in [-0.05, 0) is 24.8 Å². The van der Waals surface area contributed by atoms with Gasteiger partial charge in [-0.15, -0.1) is 0 Å². The van der Waals surface area contributed by atoms with Crippen molar-refractivity contribution < 1.29 is 4.92 Å². The van der Waals surface area contributed by atoms with E-state index in [0.717, 1.165) is 35.6 Å². The summed E-state index contributed by atoms with van der Waals surface area (Å²) in [4.78, 5) is 24.1. The molecule has 1 aliphatic carbocycles. The fourth-order valence-corrected chi connectivity index (χ4v) is 3.40. The molecule has 1 aromatic carbocycles. The van der Waals surface area contributed by atoms with E-state index in [1.54, 1.807) is 6.07 Å². The molecule has 7 nitrogen and oxygen atoms in total. The van der Waals surface area contributed by atoms with E-state index in [9.17, 15) is 10.1 Å². The average Bonchev–Trinajstić information content (AvgIpc) is 3.44. The molecule has 0 radical (unpaired) electrons. The van der Waals surface area contributed by atoms with E-state index in [1.807, 2.05) is 30.3 Å². The van der Waals surface area contributed by atoms with Crippen LogP contribution in [0.5, 0.6) is 0 Å². The summed E-state index contributed by atoms with van der Waals surface area (Å²) in [6.45, 7) is 6.26. The van der Waals surface area contributed by atoms with Gasteiger partial charge in [-0.1, -0.05) is 51.1 Å². The lowest BCUT2D eigenvalue weighted by Gasteiger charge is -2.14. The fourth-order valence-electron chi connectivity index (χ4n) is 3.40. The van der Waals surface area contributed by atoms with Crippen LogP contribution >= 0.6 is 0 Å². The summed E-state index contributed by atoms with van der Waals surface area (Å²) in [6.07, 6.45) is 1.97. The van der Waals surface area contributed by atoms with Gasteiger partial charge in [0.05, 0.1) is 28.0 Å². The maximum absolute atomic E-state index is 11.5. The van der Waals surface area contributed by atoms with Crippen molar-refractivity contribution in [2.24, 2.45) is 11.7 Å². The smallest absolute Gasteiger partial charge is 0.292 e. The van der Waals surface area contributed by atoms with Gasteiger partial charge in [0.25, 0.3) is 5.69 Å². The summed E-state index contributed by atoms with van der Waals surface area (Å²) in [6, 6.07) is 12.6. The lowest BCUT2D eigenvalue weighted by molar-refractivity contribution is -0.386. The van der Waals surface area contributed by atoms with Crippen LogP contribution in [0.4, 0.5) is 5.69 Å². The van der Waals surface area contributed by atoms with E-state index in [2.05, 4.69) is 30.7 Å². The largest absolute Gasteiger partial charge is 0.340 e. The number of nitrogens with two attached hydrogens (primary N) is 1. The predicted molar refractivity (Wildman–Crippen MR) is 112 cm³/mol. The first-order chi connectivity index (χ1) is 13.8. The van der Waals surface area contributed by atoms with Crippen LogP contribution in [0.25, 0.3) is 22.6 Å². The second-order valence-corrected chi connectivity index (χ2v) is 8.65. The molecule has 2 heterocycles. The Labute approximate surface area is 169 Å². The second kappa shape index (κ2) is 7.08. The Kier molecular flexibility index (Phi) is 4.70. The fraction of sp³-hybridized carbons (Fsp3) is 0.364. The molecule has 0 saturated heterocycles. The van der Waals surface area contributed by atoms with Crippen molar-refractivity contribution in [3.63, 3.8) is 0 Å². The molecule has 4 rings (SSSR count). The Morgan fingerprint density at radius 2 is 1.83 bits per heavy atom. The number of nitrogens with one attached hydrogen (secondary N) is 1. The monoisotopic (exact) mass is 391 g/mol. The number of pyridine rings is 1. The number of H-pyrrole nitrogens is 1. The molecule has 7 heteroatoms. The zero-order chi connectivity index (χ0) is 20.8. The highest BCUT2D eigenvalue weighted by molar-refractivity contribution is 5.77. The average molecular weight is 391 g/mol. The molecule has 29 heavy (non-hydrogen) atoms. The van der Waals surface area contributed by atoms with Crippen molar-refractivity contribution >= 4 is 5.69 Å². The van der Waals surface area contributed by atoms with E-state index in [0.29, 0.717) is 11.4 Å². The Balaban J connectivity index is 1.89. The predicted octanol–water partition coefficient (Wildman–Crippen LogP) is 4.75. The van der Waals surface area contributed by atoms with Gasteiger partial charge in [0.15, 0.2) is 0 Å². The number of nitrogens with zero attached hydrogens (tertiary/aromatic N) is 3. The summed E-state index contributed by atoms with van der Waals surface area (Å²) in [5.41, 5.74) is 9.56. The Hall–Kier alpha value is -3.06. The number of nitro groups is 1. The summed E-state index contributed by atoms with van der Waals surface area (Å²) in [5, 5.41) is 11.5. The minimum Gasteiger partial charge on any atom is -0.340 e. The number of hydrogen-bond donors (Lipinski definition) is 2. The first kappa shape index (κ1) is 19.3. The minimum atomic E-state index is -0.430.